The van der Waals surface area contributed by atoms with Gasteiger partial charge in [0.05, 0.1) is 24.8 Å². The van der Waals surface area contributed by atoms with Crippen LogP contribution in [0.5, 0.6) is 0 Å². The van der Waals surface area contributed by atoms with Crippen LogP contribution in [0, 0.1) is 23.2 Å². The molecular formula is C29H27NO3. The fourth-order valence-corrected chi connectivity index (χ4v) is 3.70. The van der Waals surface area contributed by atoms with Crippen LogP contribution in [-0.2, 0) is 20.7 Å². The van der Waals surface area contributed by atoms with Gasteiger partial charge in [0, 0.05) is 11.1 Å². The first-order chi connectivity index (χ1) is 16.2. The van der Waals surface area contributed by atoms with Crippen LogP contribution < -0.4 is 0 Å². The Bertz CT molecular complexity index is 1210. The van der Waals surface area contributed by atoms with E-state index >= 15 is 0 Å². The van der Waals surface area contributed by atoms with Crippen LogP contribution in [0.25, 0.3) is 10.8 Å². The molecule has 1 saturated heterocycles. The second kappa shape index (κ2) is 11.3. The number of hydrogen-bond acceptors (Lipinski definition) is 4. The van der Waals surface area contributed by atoms with Crippen molar-refractivity contribution < 1.29 is 14.3 Å². The average molecular weight is 438 g/mol. The maximum absolute atomic E-state index is 11.3. The number of aryl methyl sites for hydroxylation is 1. The van der Waals surface area contributed by atoms with Gasteiger partial charge in [-0.05, 0) is 72.0 Å². The van der Waals surface area contributed by atoms with E-state index < -0.39 is 0 Å². The van der Waals surface area contributed by atoms with Gasteiger partial charge in [-0.3, -0.25) is 0 Å². The first-order valence-corrected chi connectivity index (χ1v) is 11.5. The summed E-state index contributed by atoms with van der Waals surface area (Å²) in [6.45, 7) is 1.02. The summed E-state index contributed by atoms with van der Waals surface area (Å²) in [5.74, 6) is 6.27. The highest BCUT2D eigenvalue weighted by Gasteiger charge is 2.32. The Balaban J connectivity index is 1.17. The summed E-state index contributed by atoms with van der Waals surface area (Å²) < 4.78 is 10.0. The molecule has 0 N–H and O–H groups in total. The summed E-state index contributed by atoms with van der Waals surface area (Å²) in [5.41, 5.74) is 3.97. The van der Waals surface area contributed by atoms with Crippen molar-refractivity contribution in [2.75, 3.05) is 13.2 Å². The molecule has 1 fully saturated rings. The molecule has 1 aliphatic heterocycles. The first kappa shape index (κ1) is 22.6. The molecule has 4 nitrogen and oxygen atoms in total. The molecule has 4 rings (SSSR count). The number of nitrogens with zero attached hydrogens (tertiary/aromatic N) is 1. The topological polar surface area (TPSA) is 62.6 Å². The van der Waals surface area contributed by atoms with Crippen molar-refractivity contribution >= 4 is 16.7 Å². The van der Waals surface area contributed by atoms with Crippen LogP contribution in [0.15, 0.2) is 60.7 Å². The standard InChI is InChI=1S/C29H27NO3/c30-20-25-14-16-26-18-24(13-15-27(26)19-25)12-11-23-9-7-22(8-10-23)6-4-2-1-3-5-17-32-29(31)28-21-33-28/h7-10,13-16,18-19,28H,1-6,17,21H2. The minimum Gasteiger partial charge on any atom is -0.464 e. The highest BCUT2D eigenvalue weighted by atomic mass is 16.6. The summed E-state index contributed by atoms with van der Waals surface area (Å²) in [5, 5.41) is 11.2. The van der Waals surface area contributed by atoms with Gasteiger partial charge in [0.25, 0.3) is 0 Å². The summed E-state index contributed by atoms with van der Waals surface area (Å²) in [6, 6.07) is 22.4. The molecule has 4 heteroatoms. The molecule has 0 spiro atoms. The quantitative estimate of drug-likeness (QED) is 0.191. The van der Waals surface area contributed by atoms with E-state index in [4.69, 9.17) is 14.7 Å². The number of esters is 1. The number of nitriles is 1. The molecule has 0 aromatic heterocycles. The second-order valence-electron chi connectivity index (χ2n) is 8.34. The maximum atomic E-state index is 11.3. The van der Waals surface area contributed by atoms with E-state index in [9.17, 15) is 4.79 Å². The molecule has 1 aliphatic rings. The molecular weight excluding hydrogens is 410 g/mol. The van der Waals surface area contributed by atoms with Gasteiger partial charge in [-0.1, -0.05) is 55.4 Å². The van der Waals surface area contributed by atoms with Crippen molar-refractivity contribution in [2.45, 2.75) is 44.6 Å². The largest absolute Gasteiger partial charge is 0.464 e. The van der Waals surface area contributed by atoms with E-state index in [1.807, 2.05) is 30.3 Å². The minimum absolute atomic E-state index is 0.212. The van der Waals surface area contributed by atoms with E-state index in [2.05, 4.69) is 48.2 Å². The molecule has 0 bridgehead atoms. The summed E-state index contributed by atoms with van der Waals surface area (Å²) >= 11 is 0. The molecule has 0 radical (unpaired) electrons. The van der Waals surface area contributed by atoms with Crippen LogP contribution in [0.4, 0.5) is 0 Å². The Morgan fingerprint density at radius 3 is 2.18 bits per heavy atom. The van der Waals surface area contributed by atoms with Crippen molar-refractivity contribution in [3.8, 4) is 17.9 Å². The van der Waals surface area contributed by atoms with Crippen LogP contribution in [0.2, 0.25) is 0 Å². The Hall–Kier alpha value is -3.60. The number of benzene rings is 3. The van der Waals surface area contributed by atoms with Crippen LogP contribution in [0.3, 0.4) is 0 Å². The molecule has 33 heavy (non-hydrogen) atoms. The number of ether oxygens (including phenoxy) is 2. The van der Waals surface area contributed by atoms with Crippen molar-refractivity contribution in [2.24, 2.45) is 0 Å². The molecule has 3 aromatic rings. The summed E-state index contributed by atoms with van der Waals surface area (Å²) in [7, 11) is 0. The van der Waals surface area contributed by atoms with E-state index in [0.717, 1.165) is 54.0 Å². The third-order valence-corrected chi connectivity index (χ3v) is 5.72. The third-order valence-electron chi connectivity index (χ3n) is 5.72. The predicted octanol–water partition coefficient (Wildman–Crippen LogP) is 5.55. The number of hydrogen-bond donors (Lipinski definition) is 0. The molecule has 1 atom stereocenters. The number of epoxide rings is 1. The lowest BCUT2D eigenvalue weighted by Gasteiger charge is -2.04. The zero-order valence-electron chi connectivity index (χ0n) is 18.7. The van der Waals surface area contributed by atoms with E-state index in [-0.39, 0.29) is 12.1 Å². The smallest absolute Gasteiger partial charge is 0.337 e. The highest BCUT2D eigenvalue weighted by Crippen LogP contribution is 2.18. The summed E-state index contributed by atoms with van der Waals surface area (Å²) in [4.78, 5) is 11.3. The van der Waals surface area contributed by atoms with Gasteiger partial charge in [0.1, 0.15) is 0 Å². The van der Waals surface area contributed by atoms with Gasteiger partial charge in [-0.2, -0.15) is 5.26 Å². The number of unbranched alkanes of at least 4 members (excludes halogenated alkanes) is 4. The predicted molar refractivity (Wildman–Crippen MR) is 129 cm³/mol. The molecule has 0 saturated carbocycles. The van der Waals surface area contributed by atoms with Crippen LogP contribution >= 0.6 is 0 Å². The first-order valence-electron chi connectivity index (χ1n) is 11.5. The highest BCUT2D eigenvalue weighted by molar-refractivity contribution is 5.85. The average Bonchev–Trinajstić information content (AvgIpc) is 3.70. The van der Waals surface area contributed by atoms with Gasteiger partial charge in [0.2, 0.25) is 0 Å². The number of carbonyl (C=O) groups is 1. The van der Waals surface area contributed by atoms with E-state index in [0.29, 0.717) is 18.8 Å². The molecule has 3 aromatic carbocycles. The molecule has 1 heterocycles. The van der Waals surface area contributed by atoms with Gasteiger partial charge in [-0.25, -0.2) is 4.79 Å². The minimum atomic E-state index is -0.291. The van der Waals surface area contributed by atoms with Gasteiger partial charge >= 0.3 is 5.97 Å². The second-order valence-corrected chi connectivity index (χ2v) is 8.34. The van der Waals surface area contributed by atoms with Crippen LogP contribution in [0.1, 0.15) is 54.4 Å². The Kier molecular flexibility index (Phi) is 7.75. The molecule has 0 amide bonds. The molecule has 0 aliphatic carbocycles. The molecule has 166 valence electrons. The van der Waals surface area contributed by atoms with Crippen molar-refractivity contribution in [3.05, 3.63) is 82.9 Å². The van der Waals surface area contributed by atoms with Gasteiger partial charge < -0.3 is 9.47 Å². The van der Waals surface area contributed by atoms with Gasteiger partial charge in [-0.15, -0.1) is 0 Å². The van der Waals surface area contributed by atoms with E-state index in [1.165, 1.54) is 12.0 Å². The van der Waals surface area contributed by atoms with Crippen molar-refractivity contribution in [1.29, 1.82) is 5.26 Å². The van der Waals surface area contributed by atoms with Crippen LogP contribution in [-0.4, -0.2) is 25.3 Å². The Morgan fingerprint density at radius 2 is 1.45 bits per heavy atom. The zero-order chi connectivity index (χ0) is 22.9. The van der Waals surface area contributed by atoms with Crippen molar-refractivity contribution in [1.82, 2.24) is 0 Å². The lowest BCUT2D eigenvalue weighted by atomic mass is 10.0. The lowest BCUT2D eigenvalue weighted by molar-refractivity contribution is -0.145. The normalized spacial score (nSPS) is 14.2. The molecule has 1 unspecified atom stereocenters. The van der Waals surface area contributed by atoms with E-state index in [1.54, 1.807) is 0 Å². The number of carbonyl (C=O) groups excluding carboxylic acids is 1. The Morgan fingerprint density at radius 1 is 0.848 bits per heavy atom. The number of fused-ring (bicyclic) bond motifs is 1. The monoisotopic (exact) mass is 437 g/mol. The van der Waals surface area contributed by atoms with Gasteiger partial charge in [0.15, 0.2) is 6.10 Å². The van der Waals surface area contributed by atoms with Crippen molar-refractivity contribution in [3.63, 3.8) is 0 Å². The third kappa shape index (κ3) is 6.94. The maximum Gasteiger partial charge on any atom is 0.337 e. The zero-order valence-corrected chi connectivity index (χ0v) is 18.7. The fourth-order valence-electron chi connectivity index (χ4n) is 3.70. The Labute approximate surface area is 195 Å². The SMILES string of the molecule is N#Cc1ccc2cc(C#Cc3ccc(CCCCCCCOC(=O)C4CO4)cc3)ccc2c1. The fraction of sp³-hybridized carbons (Fsp3) is 0.310. The lowest BCUT2D eigenvalue weighted by Crippen LogP contribution is -2.12. The number of rotatable bonds is 9. The summed E-state index contributed by atoms with van der Waals surface area (Å²) in [6.07, 6.45) is 6.28.